The molecule has 1 atom stereocenters. The van der Waals surface area contributed by atoms with Crippen LogP contribution >= 0.6 is 11.6 Å². The molecule has 0 bridgehead atoms. The summed E-state index contributed by atoms with van der Waals surface area (Å²) in [6, 6.07) is 8.65. The van der Waals surface area contributed by atoms with Gasteiger partial charge in [0.25, 0.3) is 0 Å². The molecule has 2 aromatic rings. The number of halogens is 1. The van der Waals surface area contributed by atoms with Gasteiger partial charge in [-0.1, -0.05) is 41.9 Å². The number of nitrogens with zero attached hydrogens (tertiary/aromatic N) is 2. The number of aromatic nitrogens is 2. The van der Waals surface area contributed by atoms with E-state index in [1.165, 1.54) is 23.9 Å². The van der Waals surface area contributed by atoms with Gasteiger partial charge in [-0.05, 0) is 13.0 Å². The van der Waals surface area contributed by atoms with E-state index in [1.54, 1.807) is 44.3 Å². The molecule has 0 radical (unpaired) electrons. The predicted octanol–water partition coefficient (Wildman–Crippen LogP) is 2.85. The van der Waals surface area contributed by atoms with Crippen molar-refractivity contribution in [1.29, 1.82) is 0 Å². The molecule has 0 aliphatic rings. The molecule has 1 aromatic heterocycles. The average Bonchev–Trinajstić information content (AvgIpc) is 2.83. The Morgan fingerprint density at radius 1 is 1.29 bits per heavy atom. The van der Waals surface area contributed by atoms with E-state index in [2.05, 4.69) is 5.10 Å². The van der Waals surface area contributed by atoms with Gasteiger partial charge in [0.1, 0.15) is 5.15 Å². The van der Waals surface area contributed by atoms with Gasteiger partial charge < -0.3 is 9.47 Å². The van der Waals surface area contributed by atoms with Gasteiger partial charge in [-0.15, -0.1) is 0 Å². The van der Waals surface area contributed by atoms with Gasteiger partial charge in [-0.2, -0.15) is 5.10 Å². The van der Waals surface area contributed by atoms with E-state index in [0.29, 0.717) is 22.0 Å². The van der Waals surface area contributed by atoms with Crippen LogP contribution in [0.5, 0.6) is 0 Å². The SMILES string of the molecule is COC(=O)C(OC(=O)/C=C/c1c(C)nn(C)c1Cl)c1ccccc1. The third kappa shape index (κ3) is 4.02. The van der Waals surface area contributed by atoms with Crippen molar-refractivity contribution in [3.05, 3.63) is 58.4 Å². The number of esters is 2. The lowest BCUT2D eigenvalue weighted by atomic mass is 10.1. The van der Waals surface area contributed by atoms with Crippen molar-refractivity contribution in [2.75, 3.05) is 7.11 Å². The quantitative estimate of drug-likeness (QED) is 0.613. The van der Waals surface area contributed by atoms with E-state index in [4.69, 9.17) is 21.1 Å². The van der Waals surface area contributed by atoms with Crippen LogP contribution < -0.4 is 0 Å². The van der Waals surface area contributed by atoms with Crippen LogP contribution in [0.2, 0.25) is 5.15 Å². The third-order valence-electron chi connectivity index (χ3n) is 3.33. The maximum absolute atomic E-state index is 12.1. The van der Waals surface area contributed by atoms with Crippen molar-refractivity contribution >= 4 is 29.6 Å². The second-order valence-corrected chi connectivity index (χ2v) is 5.36. The maximum atomic E-state index is 12.1. The minimum absolute atomic E-state index is 0.407. The third-order valence-corrected chi connectivity index (χ3v) is 3.78. The highest BCUT2D eigenvalue weighted by molar-refractivity contribution is 6.31. The summed E-state index contributed by atoms with van der Waals surface area (Å²) in [4.78, 5) is 23.9. The number of ether oxygens (including phenoxy) is 2. The highest BCUT2D eigenvalue weighted by Gasteiger charge is 2.25. The molecule has 7 heteroatoms. The number of hydrogen-bond acceptors (Lipinski definition) is 5. The molecule has 1 aromatic carbocycles. The fourth-order valence-corrected chi connectivity index (χ4v) is 2.37. The van der Waals surface area contributed by atoms with Gasteiger partial charge >= 0.3 is 11.9 Å². The van der Waals surface area contributed by atoms with Crippen LogP contribution in [-0.4, -0.2) is 28.8 Å². The predicted molar refractivity (Wildman–Crippen MR) is 89.3 cm³/mol. The molecule has 0 spiro atoms. The van der Waals surface area contributed by atoms with Crippen molar-refractivity contribution in [3.8, 4) is 0 Å². The summed E-state index contributed by atoms with van der Waals surface area (Å²) in [6.45, 7) is 1.78. The average molecular weight is 349 g/mol. The first-order valence-corrected chi connectivity index (χ1v) is 7.52. The molecule has 1 unspecified atom stereocenters. The Morgan fingerprint density at radius 3 is 2.50 bits per heavy atom. The standard InChI is InChI=1S/C17H17ClN2O4/c1-11-13(16(18)20(2)19-11)9-10-14(21)24-15(17(22)23-3)12-7-5-4-6-8-12/h4-10,15H,1-3H3/b10-9+. The second kappa shape index (κ2) is 7.79. The van der Waals surface area contributed by atoms with Gasteiger partial charge in [-0.3, -0.25) is 4.68 Å². The van der Waals surface area contributed by atoms with Crippen LogP contribution in [0.15, 0.2) is 36.4 Å². The van der Waals surface area contributed by atoms with Crippen molar-refractivity contribution in [2.45, 2.75) is 13.0 Å². The van der Waals surface area contributed by atoms with Crippen LogP contribution in [0.3, 0.4) is 0 Å². The number of methoxy groups -OCH3 is 1. The summed E-state index contributed by atoms with van der Waals surface area (Å²) < 4.78 is 11.4. The molecule has 0 amide bonds. The summed E-state index contributed by atoms with van der Waals surface area (Å²) >= 11 is 6.10. The Labute approximate surface area is 144 Å². The van der Waals surface area contributed by atoms with E-state index in [0.717, 1.165) is 0 Å². The fraction of sp³-hybridized carbons (Fsp3) is 0.235. The van der Waals surface area contributed by atoms with E-state index >= 15 is 0 Å². The number of hydrogen-bond donors (Lipinski definition) is 0. The summed E-state index contributed by atoms with van der Waals surface area (Å²) in [6.07, 6.45) is 1.58. The Morgan fingerprint density at radius 2 is 1.96 bits per heavy atom. The molecule has 0 N–H and O–H groups in total. The number of carbonyl (C=O) groups excluding carboxylic acids is 2. The molecule has 0 aliphatic heterocycles. The van der Waals surface area contributed by atoms with Gasteiger partial charge in [0.15, 0.2) is 0 Å². The topological polar surface area (TPSA) is 70.4 Å². The van der Waals surface area contributed by atoms with Gasteiger partial charge in [0.05, 0.1) is 12.8 Å². The van der Waals surface area contributed by atoms with Crippen LogP contribution in [0.25, 0.3) is 6.08 Å². The molecule has 0 saturated heterocycles. The lowest BCUT2D eigenvalue weighted by molar-refractivity contribution is -0.163. The molecule has 0 fully saturated rings. The smallest absolute Gasteiger partial charge is 0.351 e. The molecule has 6 nitrogen and oxygen atoms in total. The number of carbonyl (C=O) groups is 2. The summed E-state index contributed by atoms with van der Waals surface area (Å²) in [5.74, 6) is -1.34. The molecule has 126 valence electrons. The zero-order valence-electron chi connectivity index (χ0n) is 13.5. The zero-order chi connectivity index (χ0) is 17.7. The molecule has 2 rings (SSSR count). The Bertz CT molecular complexity index is 768. The fourth-order valence-electron chi connectivity index (χ4n) is 2.13. The minimum atomic E-state index is -1.13. The Hall–Kier alpha value is -2.60. The lowest BCUT2D eigenvalue weighted by Gasteiger charge is -2.14. The summed E-state index contributed by atoms with van der Waals surface area (Å²) in [5, 5.41) is 4.55. The van der Waals surface area contributed by atoms with Crippen LogP contribution in [0, 0.1) is 6.92 Å². The molecule has 24 heavy (non-hydrogen) atoms. The molecule has 1 heterocycles. The Kier molecular flexibility index (Phi) is 5.76. The van der Waals surface area contributed by atoms with Crippen LogP contribution in [0.4, 0.5) is 0 Å². The highest BCUT2D eigenvalue weighted by Crippen LogP contribution is 2.22. The molecule has 0 aliphatic carbocycles. The Balaban J connectivity index is 2.16. The van der Waals surface area contributed by atoms with Crippen molar-refractivity contribution in [2.24, 2.45) is 7.05 Å². The van der Waals surface area contributed by atoms with Crippen molar-refractivity contribution in [3.63, 3.8) is 0 Å². The zero-order valence-corrected chi connectivity index (χ0v) is 14.3. The van der Waals surface area contributed by atoms with Crippen molar-refractivity contribution in [1.82, 2.24) is 9.78 Å². The normalized spacial score (nSPS) is 12.2. The van der Waals surface area contributed by atoms with E-state index < -0.39 is 18.0 Å². The molecule has 0 saturated carbocycles. The van der Waals surface area contributed by atoms with Gasteiger partial charge in [-0.25, -0.2) is 9.59 Å². The number of rotatable bonds is 5. The van der Waals surface area contributed by atoms with Crippen LogP contribution in [-0.2, 0) is 26.1 Å². The largest absolute Gasteiger partial charge is 0.466 e. The van der Waals surface area contributed by atoms with E-state index in [-0.39, 0.29) is 0 Å². The van der Waals surface area contributed by atoms with Gasteiger partial charge in [0, 0.05) is 24.3 Å². The summed E-state index contributed by atoms with van der Waals surface area (Å²) in [5.41, 5.74) is 1.83. The van der Waals surface area contributed by atoms with E-state index in [9.17, 15) is 9.59 Å². The number of aryl methyl sites for hydroxylation is 2. The lowest BCUT2D eigenvalue weighted by Crippen LogP contribution is -2.20. The monoisotopic (exact) mass is 348 g/mol. The highest BCUT2D eigenvalue weighted by atomic mass is 35.5. The first-order chi connectivity index (χ1) is 11.4. The van der Waals surface area contributed by atoms with Gasteiger partial charge in [0.2, 0.25) is 6.10 Å². The second-order valence-electron chi connectivity index (χ2n) is 5.00. The van der Waals surface area contributed by atoms with E-state index in [1.807, 2.05) is 0 Å². The molecular weight excluding hydrogens is 332 g/mol. The first-order valence-electron chi connectivity index (χ1n) is 7.14. The first kappa shape index (κ1) is 17.7. The number of benzene rings is 1. The maximum Gasteiger partial charge on any atom is 0.351 e. The van der Waals surface area contributed by atoms with Crippen LogP contribution in [0.1, 0.15) is 22.9 Å². The minimum Gasteiger partial charge on any atom is -0.466 e. The summed E-state index contributed by atoms with van der Waals surface area (Å²) in [7, 11) is 2.94. The molecular formula is C17H17ClN2O4. The van der Waals surface area contributed by atoms with Crippen molar-refractivity contribution < 1.29 is 19.1 Å².